The molecular formula is C18H14ClF3N2O3. The van der Waals surface area contributed by atoms with Crippen LogP contribution >= 0.6 is 11.6 Å². The van der Waals surface area contributed by atoms with E-state index in [1.807, 2.05) is 0 Å². The SMILES string of the molecule is O=C(Nc1ccccc1OC(F)(F)F)C1CC(=O)N(c2cccc(Cl)c2)C1. The Morgan fingerprint density at radius 3 is 2.63 bits per heavy atom. The van der Waals surface area contributed by atoms with Gasteiger partial charge in [0.15, 0.2) is 5.75 Å². The molecule has 5 nitrogen and oxygen atoms in total. The smallest absolute Gasteiger partial charge is 0.404 e. The van der Waals surface area contributed by atoms with Crippen LogP contribution in [0.2, 0.25) is 5.02 Å². The first-order valence-corrected chi connectivity index (χ1v) is 8.32. The van der Waals surface area contributed by atoms with Gasteiger partial charge in [-0.2, -0.15) is 0 Å². The van der Waals surface area contributed by atoms with Gasteiger partial charge in [-0.15, -0.1) is 13.2 Å². The molecule has 2 amide bonds. The van der Waals surface area contributed by atoms with Crippen LogP contribution in [0.1, 0.15) is 6.42 Å². The van der Waals surface area contributed by atoms with E-state index in [4.69, 9.17) is 11.6 Å². The molecule has 1 aliphatic rings. The fraction of sp³-hybridized carbons (Fsp3) is 0.222. The number of rotatable bonds is 4. The number of halogens is 4. The highest BCUT2D eigenvalue weighted by Gasteiger charge is 2.36. The summed E-state index contributed by atoms with van der Waals surface area (Å²) in [5.41, 5.74) is 0.442. The molecule has 2 aromatic rings. The van der Waals surface area contributed by atoms with Gasteiger partial charge in [-0.25, -0.2) is 0 Å². The lowest BCUT2D eigenvalue weighted by molar-refractivity contribution is -0.274. The van der Waals surface area contributed by atoms with E-state index < -0.39 is 23.9 Å². The molecule has 3 rings (SSSR count). The molecule has 2 aromatic carbocycles. The highest BCUT2D eigenvalue weighted by molar-refractivity contribution is 6.31. The summed E-state index contributed by atoms with van der Waals surface area (Å²) in [5, 5.41) is 2.86. The summed E-state index contributed by atoms with van der Waals surface area (Å²) >= 11 is 5.92. The van der Waals surface area contributed by atoms with Crippen molar-refractivity contribution in [2.45, 2.75) is 12.8 Å². The lowest BCUT2D eigenvalue weighted by Gasteiger charge is -2.18. The Labute approximate surface area is 157 Å². The Morgan fingerprint density at radius 1 is 1.19 bits per heavy atom. The molecule has 27 heavy (non-hydrogen) atoms. The molecule has 1 N–H and O–H groups in total. The summed E-state index contributed by atoms with van der Waals surface area (Å²) in [6, 6.07) is 11.9. The van der Waals surface area contributed by atoms with Crippen LogP contribution in [-0.4, -0.2) is 24.7 Å². The molecule has 0 saturated carbocycles. The van der Waals surface area contributed by atoms with Crippen molar-refractivity contribution >= 4 is 34.8 Å². The number of benzene rings is 2. The molecule has 142 valence electrons. The predicted molar refractivity (Wildman–Crippen MR) is 93.7 cm³/mol. The highest BCUT2D eigenvalue weighted by Crippen LogP contribution is 2.32. The van der Waals surface area contributed by atoms with Crippen LogP contribution in [0, 0.1) is 5.92 Å². The number of hydrogen-bond donors (Lipinski definition) is 1. The lowest BCUT2D eigenvalue weighted by Crippen LogP contribution is -2.28. The van der Waals surface area contributed by atoms with Crippen molar-refractivity contribution in [3.8, 4) is 5.75 Å². The van der Waals surface area contributed by atoms with Crippen LogP contribution < -0.4 is 15.0 Å². The number of anilines is 2. The number of ether oxygens (including phenoxy) is 1. The van der Waals surface area contributed by atoms with E-state index in [0.29, 0.717) is 10.7 Å². The number of carbonyl (C=O) groups excluding carboxylic acids is 2. The average molecular weight is 399 g/mol. The quantitative estimate of drug-likeness (QED) is 0.838. The van der Waals surface area contributed by atoms with E-state index in [1.165, 1.54) is 23.1 Å². The van der Waals surface area contributed by atoms with Crippen LogP contribution in [0.3, 0.4) is 0 Å². The van der Waals surface area contributed by atoms with Gasteiger partial charge >= 0.3 is 6.36 Å². The van der Waals surface area contributed by atoms with Crippen LogP contribution in [0.4, 0.5) is 24.5 Å². The van der Waals surface area contributed by atoms with Gasteiger partial charge in [-0.3, -0.25) is 9.59 Å². The Morgan fingerprint density at radius 2 is 1.93 bits per heavy atom. The maximum atomic E-state index is 12.5. The van der Waals surface area contributed by atoms with Gasteiger partial charge in [0.2, 0.25) is 11.8 Å². The summed E-state index contributed by atoms with van der Waals surface area (Å²) in [4.78, 5) is 26.1. The fourth-order valence-electron chi connectivity index (χ4n) is 2.80. The molecule has 0 aromatic heterocycles. The Bertz CT molecular complexity index is 873. The van der Waals surface area contributed by atoms with Crippen molar-refractivity contribution in [1.29, 1.82) is 0 Å². The number of carbonyl (C=O) groups is 2. The minimum Gasteiger partial charge on any atom is -0.404 e. The molecule has 1 heterocycles. The van der Waals surface area contributed by atoms with Crippen LogP contribution in [0.25, 0.3) is 0 Å². The Kier molecular flexibility index (Phi) is 5.27. The third-order valence-electron chi connectivity index (χ3n) is 3.99. The van der Waals surface area contributed by atoms with E-state index in [9.17, 15) is 22.8 Å². The second kappa shape index (κ2) is 7.48. The molecule has 1 aliphatic heterocycles. The maximum Gasteiger partial charge on any atom is 0.573 e. The largest absolute Gasteiger partial charge is 0.573 e. The van der Waals surface area contributed by atoms with Crippen molar-refractivity contribution in [2.75, 3.05) is 16.8 Å². The van der Waals surface area contributed by atoms with Gasteiger partial charge < -0.3 is 15.0 Å². The molecule has 1 saturated heterocycles. The molecule has 1 atom stereocenters. The number of alkyl halides is 3. The van der Waals surface area contributed by atoms with Gasteiger partial charge in [-0.05, 0) is 30.3 Å². The van der Waals surface area contributed by atoms with E-state index in [-0.39, 0.29) is 24.6 Å². The molecule has 9 heteroatoms. The Hall–Kier alpha value is -2.74. The zero-order chi connectivity index (χ0) is 19.6. The van der Waals surface area contributed by atoms with Crippen molar-refractivity contribution in [1.82, 2.24) is 0 Å². The fourth-order valence-corrected chi connectivity index (χ4v) is 2.98. The van der Waals surface area contributed by atoms with E-state index >= 15 is 0 Å². The summed E-state index contributed by atoms with van der Waals surface area (Å²) in [5.74, 6) is -2.06. The second-order valence-electron chi connectivity index (χ2n) is 5.92. The zero-order valence-electron chi connectivity index (χ0n) is 13.8. The van der Waals surface area contributed by atoms with Crippen molar-refractivity contribution in [3.63, 3.8) is 0 Å². The first-order valence-electron chi connectivity index (χ1n) is 7.94. The molecule has 1 unspecified atom stereocenters. The lowest BCUT2D eigenvalue weighted by atomic mass is 10.1. The summed E-state index contributed by atoms with van der Waals surface area (Å²) in [7, 11) is 0. The number of hydrogen-bond acceptors (Lipinski definition) is 3. The Balaban J connectivity index is 1.72. The first kappa shape index (κ1) is 19.0. The minimum absolute atomic E-state index is 0.0549. The van der Waals surface area contributed by atoms with Crippen LogP contribution in [0.15, 0.2) is 48.5 Å². The normalized spacial score (nSPS) is 17.1. The van der Waals surface area contributed by atoms with Gasteiger partial charge in [0.1, 0.15) is 0 Å². The van der Waals surface area contributed by atoms with Crippen molar-refractivity contribution in [2.24, 2.45) is 5.92 Å². The standard InChI is InChI=1S/C18H14ClF3N2O3/c19-12-4-3-5-13(9-12)24-10-11(8-16(24)25)17(26)23-14-6-1-2-7-15(14)27-18(20,21)22/h1-7,9,11H,8,10H2,(H,23,26). The highest BCUT2D eigenvalue weighted by atomic mass is 35.5. The molecule has 1 fully saturated rings. The molecule has 0 bridgehead atoms. The average Bonchev–Trinajstić information content (AvgIpc) is 2.97. The van der Waals surface area contributed by atoms with Crippen LogP contribution in [-0.2, 0) is 9.59 Å². The number of nitrogens with zero attached hydrogens (tertiary/aromatic N) is 1. The minimum atomic E-state index is -4.88. The third kappa shape index (κ3) is 4.71. The predicted octanol–water partition coefficient (Wildman–Crippen LogP) is 4.23. The monoisotopic (exact) mass is 398 g/mol. The molecule has 0 radical (unpaired) electrons. The second-order valence-corrected chi connectivity index (χ2v) is 6.35. The molecule has 0 spiro atoms. The zero-order valence-corrected chi connectivity index (χ0v) is 14.6. The van der Waals surface area contributed by atoms with Gasteiger partial charge in [0.25, 0.3) is 0 Å². The molecule has 0 aliphatic carbocycles. The van der Waals surface area contributed by atoms with E-state index in [2.05, 4.69) is 10.1 Å². The van der Waals surface area contributed by atoms with Gasteiger partial charge in [0, 0.05) is 23.7 Å². The first-order chi connectivity index (χ1) is 12.7. The van der Waals surface area contributed by atoms with Crippen molar-refractivity contribution in [3.05, 3.63) is 53.6 Å². The van der Waals surface area contributed by atoms with Crippen molar-refractivity contribution < 1.29 is 27.5 Å². The number of para-hydroxylation sites is 2. The molecular weight excluding hydrogens is 385 g/mol. The van der Waals surface area contributed by atoms with E-state index in [0.717, 1.165) is 6.07 Å². The topological polar surface area (TPSA) is 58.6 Å². The number of amides is 2. The summed E-state index contributed by atoms with van der Waals surface area (Å²) < 4.78 is 41.4. The summed E-state index contributed by atoms with van der Waals surface area (Å²) in [6.45, 7) is 0.104. The summed E-state index contributed by atoms with van der Waals surface area (Å²) in [6.07, 6.45) is -4.94. The van der Waals surface area contributed by atoms with Gasteiger partial charge in [-0.1, -0.05) is 29.8 Å². The van der Waals surface area contributed by atoms with Crippen LogP contribution in [0.5, 0.6) is 5.75 Å². The third-order valence-corrected chi connectivity index (χ3v) is 4.22. The number of nitrogens with one attached hydrogen (secondary N) is 1. The van der Waals surface area contributed by atoms with Gasteiger partial charge in [0.05, 0.1) is 11.6 Å². The van der Waals surface area contributed by atoms with E-state index in [1.54, 1.807) is 24.3 Å². The maximum absolute atomic E-state index is 12.5.